The summed E-state index contributed by atoms with van der Waals surface area (Å²) in [6.45, 7) is 3.04. The van der Waals surface area contributed by atoms with E-state index in [4.69, 9.17) is 0 Å². The van der Waals surface area contributed by atoms with Crippen LogP contribution in [0.2, 0.25) is 0 Å². The van der Waals surface area contributed by atoms with Crippen molar-refractivity contribution in [2.24, 2.45) is 0 Å². The van der Waals surface area contributed by atoms with E-state index in [0.29, 0.717) is 0 Å². The fourth-order valence-electron chi connectivity index (χ4n) is 2.29. The van der Waals surface area contributed by atoms with Crippen molar-refractivity contribution in [1.82, 2.24) is 10.3 Å². The molecule has 0 bridgehead atoms. The maximum Gasteiger partial charge on any atom is 0.0900 e. The second kappa shape index (κ2) is 4.41. The molecule has 78 valence electrons. The van der Waals surface area contributed by atoms with Crippen LogP contribution in [0.15, 0.2) is 0 Å². The number of thiazole rings is 1. The van der Waals surface area contributed by atoms with Gasteiger partial charge in [-0.3, -0.25) is 0 Å². The number of aromatic nitrogens is 1. The number of nitrogens with one attached hydrogen (secondary N) is 1. The Kier molecular flexibility index (Phi) is 3.19. The third-order valence-corrected chi connectivity index (χ3v) is 4.08. The standard InChI is InChI=1S/C11H18N2S/c1-8-13-10(7-12-2)11(14-8)9-5-3-4-6-9/h9,12H,3-7H2,1-2H3. The van der Waals surface area contributed by atoms with E-state index in [2.05, 4.69) is 17.2 Å². The first-order valence-corrected chi connectivity index (χ1v) is 6.23. The Hall–Kier alpha value is -0.410. The molecule has 0 aliphatic heterocycles. The molecule has 1 N–H and O–H groups in total. The highest BCUT2D eigenvalue weighted by Crippen LogP contribution is 2.38. The molecule has 1 aliphatic carbocycles. The van der Waals surface area contributed by atoms with Crippen LogP contribution in [0, 0.1) is 6.92 Å². The molecule has 3 heteroatoms. The maximum atomic E-state index is 4.60. The molecule has 0 aromatic carbocycles. The fraction of sp³-hybridized carbons (Fsp3) is 0.727. The summed E-state index contributed by atoms with van der Waals surface area (Å²) < 4.78 is 0. The predicted octanol–water partition coefficient (Wildman–Crippen LogP) is 2.83. The molecule has 0 amide bonds. The minimum atomic E-state index is 0.810. The number of hydrogen-bond donors (Lipinski definition) is 1. The number of rotatable bonds is 3. The van der Waals surface area contributed by atoms with Crippen molar-refractivity contribution in [3.8, 4) is 0 Å². The lowest BCUT2D eigenvalue weighted by molar-refractivity contribution is 0.704. The van der Waals surface area contributed by atoms with Gasteiger partial charge in [0.05, 0.1) is 10.7 Å². The maximum absolute atomic E-state index is 4.60. The summed E-state index contributed by atoms with van der Waals surface area (Å²) in [5.74, 6) is 0.810. The summed E-state index contributed by atoms with van der Waals surface area (Å²) in [7, 11) is 1.99. The van der Waals surface area contributed by atoms with Crippen LogP contribution >= 0.6 is 11.3 Å². The predicted molar refractivity (Wildman–Crippen MR) is 60.8 cm³/mol. The normalized spacial score (nSPS) is 17.9. The third kappa shape index (κ3) is 1.98. The third-order valence-electron chi connectivity index (χ3n) is 2.90. The lowest BCUT2D eigenvalue weighted by Gasteiger charge is -2.08. The zero-order valence-corrected chi connectivity index (χ0v) is 9.78. The van der Waals surface area contributed by atoms with Crippen molar-refractivity contribution in [2.45, 2.75) is 45.1 Å². The highest BCUT2D eigenvalue weighted by molar-refractivity contribution is 7.11. The molecule has 0 unspecified atom stereocenters. The van der Waals surface area contributed by atoms with Crippen molar-refractivity contribution in [3.05, 3.63) is 15.6 Å². The zero-order valence-electron chi connectivity index (χ0n) is 8.97. The van der Waals surface area contributed by atoms with Crippen LogP contribution < -0.4 is 5.32 Å². The largest absolute Gasteiger partial charge is 0.314 e. The van der Waals surface area contributed by atoms with Crippen molar-refractivity contribution in [1.29, 1.82) is 0 Å². The number of hydrogen-bond acceptors (Lipinski definition) is 3. The molecule has 1 heterocycles. The first-order chi connectivity index (χ1) is 6.81. The van der Waals surface area contributed by atoms with Gasteiger partial charge < -0.3 is 5.32 Å². The zero-order chi connectivity index (χ0) is 9.97. The molecule has 0 saturated heterocycles. The molecule has 1 aromatic rings. The van der Waals surface area contributed by atoms with Gasteiger partial charge >= 0.3 is 0 Å². The van der Waals surface area contributed by atoms with E-state index in [1.54, 1.807) is 4.88 Å². The van der Waals surface area contributed by atoms with Crippen LogP contribution in [0.5, 0.6) is 0 Å². The van der Waals surface area contributed by atoms with E-state index in [-0.39, 0.29) is 0 Å². The average molecular weight is 210 g/mol. The molecule has 14 heavy (non-hydrogen) atoms. The van der Waals surface area contributed by atoms with Gasteiger partial charge in [-0.2, -0.15) is 0 Å². The van der Waals surface area contributed by atoms with Crippen LogP contribution in [0.4, 0.5) is 0 Å². The smallest absolute Gasteiger partial charge is 0.0900 e. The fourth-order valence-corrected chi connectivity index (χ4v) is 3.40. The lowest BCUT2D eigenvalue weighted by atomic mass is 10.1. The van der Waals surface area contributed by atoms with E-state index < -0.39 is 0 Å². The molecule has 2 rings (SSSR count). The van der Waals surface area contributed by atoms with Crippen molar-refractivity contribution in [3.63, 3.8) is 0 Å². The Morgan fingerprint density at radius 2 is 2.14 bits per heavy atom. The molecule has 0 atom stereocenters. The van der Waals surface area contributed by atoms with E-state index in [1.165, 1.54) is 36.4 Å². The van der Waals surface area contributed by atoms with Gasteiger partial charge in [0.2, 0.25) is 0 Å². The van der Waals surface area contributed by atoms with Gasteiger partial charge in [0.15, 0.2) is 0 Å². The first kappa shape index (κ1) is 10.1. The van der Waals surface area contributed by atoms with Crippen LogP contribution in [0.3, 0.4) is 0 Å². The van der Waals surface area contributed by atoms with Gasteiger partial charge in [0.1, 0.15) is 0 Å². The molecule has 1 aliphatic rings. The van der Waals surface area contributed by atoms with E-state index in [0.717, 1.165) is 12.5 Å². The average Bonchev–Trinajstić information content (AvgIpc) is 2.74. The topological polar surface area (TPSA) is 24.9 Å². The molecular weight excluding hydrogens is 192 g/mol. The Morgan fingerprint density at radius 3 is 2.79 bits per heavy atom. The molecule has 0 radical (unpaired) electrons. The monoisotopic (exact) mass is 210 g/mol. The van der Waals surface area contributed by atoms with Gasteiger partial charge in [-0.05, 0) is 32.7 Å². The van der Waals surface area contributed by atoms with E-state index in [1.807, 2.05) is 18.4 Å². The number of nitrogens with zero attached hydrogens (tertiary/aromatic N) is 1. The number of aryl methyl sites for hydroxylation is 1. The Balaban J connectivity index is 2.21. The van der Waals surface area contributed by atoms with Gasteiger partial charge in [0, 0.05) is 11.4 Å². The highest BCUT2D eigenvalue weighted by atomic mass is 32.1. The Morgan fingerprint density at radius 1 is 1.43 bits per heavy atom. The van der Waals surface area contributed by atoms with Crippen molar-refractivity contribution >= 4 is 11.3 Å². The molecule has 0 spiro atoms. The molecule has 1 saturated carbocycles. The van der Waals surface area contributed by atoms with Crippen LogP contribution in [0.25, 0.3) is 0 Å². The summed E-state index contributed by atoms with van der Waals surface area (Å²) in [6.07, 6.45) is 5.55. The minimum Gasteiger partial charge on any atom is -0.314 e. The second-order valence-electron chi connectivity index (χ2n) is 4.06. The summed E-state index contributed by atoms with van der Waals surface area (Å²) in [5.41, 5.74) is 1.29. The summed E-state index contributed by atoms with van der Waals surface area (Å²) in [4.78, 5) is 6.15. The summed E-state index contributed by atoms with van der Waals surface area (Å²) >= 11 is 1.90. The molecule has 2 nitrogen and oxygen atoms in total. The minimum absolute atomic E-state index is 0.810. The highest BCUT2D eigenvalue weighted by Gasteiger charge is 2.22. The summed E-state index contributed by atoms with van der Waals surface area (Å²) in [5, 5.41) is 4.42. The van der Waals surface area contributed by atoms with E-state index >= 15 is 0 Å². The van der Waals surface area contributed by atoms with Gasteiger partial charge in [-0.25, -0.2) is 4.98 Å². The molecule has 1 fully saturated rings. The Labute approximate surface area is 89.8 Å². The van der Waals surface area contributed by atoms with Crippen molar-refractivity contribution < 1.29 is 0 Å². The van der Waals surface area contributed by atoms with Crippen LogP contribution in [-0.2, 0) is 6.54 Å². The molecule has 1 aromatic heterocycles. The van der Waals surface area contributed by atoms with Gasteiger partial charge in [-0.15, -0.1) is 11.3 Å². The lowest BCUT2D eigenvalue weighted by Crippen LogP contribution is -2.08. The van der Waals surface area contributed by atoms with Crippen LogP contribution in [0.1, 0.15) is 47.2 Å². The SMILES string of the molecule is CNCc1nc(C)sc1C1CCCC1. The molecular formula is C11H18N2S. The summed E-state index contributed by atoms with van der Waals surface area (Å²) in [6, 6.07) is 0. The first-order valence-electron chi connectivity index (χ1n) is 5.42. The van der Waals surface area contributed by atoms with Crippen LogP contribution in [-0.4, -0.2) is 12.0 Å². The van der Waals surface area contributed by atoms with Gasteiger partial charge in [0.25, 0.3) is 0 Å². The van der Waals surface area contributed by atoms with Gasteiger partial charge in [-0.1, -0.05) is 12.8 Å². The Bertz CT molecular complexity index is 300. The van der Waals surface area contributed by atoms with Crippen molar-refractivity contribution in [2.75, 3.05) is 7.05 Å². The second-order valence-corrected chi connectivity index (χ2v) is 5.29. The van der Waals surface area contributed by atoms with E-state index in [9.17, 15) is 0 Å². The quantitative estimate of drug-likeness (QED) is 0.830.